The van der Waals surface area contributed by atoms with Gasteiger partial charge in [0.05, 0.1) is 12.6 Å². The van der Waals surface area contributed by atoms with E-state index in [4.69, 9.17) is 4.74 Å². The van der Waals surface area contributed by atoms with Crippen LogP contribution in [0.15, 0.2) is 30.5 Å². The lowest BCUT2D eigenvalue weighted by Gasteiger charge is -2.41. The number of likely N-dealkylation sites (tertiary alicyclic amines) is 1. The highest BCUT2D eigenvalue weighted by Crippen LogP contribution is 2.37. The average molecular weight is 471 g/mol. The van der Waals surface area contributed by atoms with E-state index in [1.165, 1.54) is 32.1 Å². The van der Waals surface area contributed by atoms with Crippen LogP contribution in [0.4, 0.5) is 4.39 Å². The number of halogens is 1. The van der Waals surface area contributed by atoms with Gasteiger partial charge in [-0.2, -0.15) is 0 Å². The van der Waals surface area contributed by atoms with Crippen LogP contribution in [-0.4, -0.2) is 47.7 Å². The molecule has 6 heteroatoms. The van der Waals surface area contributed by atoms with Crippen LogP contribution in [0.5, 0.6) is 5.75 Å². The second kappa shape index (κ2) is 12.0. The minimum absolute atomic E-state index is 0.201. The number of carboxylic acid groups (broad SMARTS) is 1. The summed E-state index contributed by atoms with van der Waals surface area (Å²) in [6.07, 6.45) is 10.5. The van der Waals surface area contributed by atoms with Gasteiger partial charge in [0, 0.05) is 31.1 Å². The van der Waals surface area contributed by atoms with Gasteiger partial charge in [-0.25, -0.2) is 4.39 Å². The molecular formula is C28H39FN2O3. The molecule has 1 saturated heterocycles. The number of hydrogen-bond donors (Lipinski definition) is 1. The van der Waals surface area contributed by atoms with E-state index in [0.717, 1.165) is 49.3 Å². The minimum atomic E-state index is -1.07. The van der Waals surface area contributed by atoms with E-state index < -0.39 is 12.1 Å². The van der Waals surface area contributed by atoms with Gasteiger partial charge in [-0.15, -0.1) is 0 Å². The normalized spacial score (nSPS) is 23.1. The first-order valence-electron chi connectivity index (χ1n) is 13.0. The third kappa shape index (κ3) is 6.47. The number of alkyl halides is 1. The third-order valence-corrected chi connectivity index (χ3v) is 8.06. The van der Waals surface area contributed by atoms with E-state index in [9.17, 15) is 9.90 Å². The first-order valence-corrected chi connectivity index (χ1v) is 13.0. The Hall–Kier alpha value is -2.21. The Balaban J connectivity index is 1.39. The van der Waals surface area contributed by atoms with Crippen molar-refractivity contribution < 1.29 is 19.0 Å². The van der Waals surface area contributed by atoms with E-state index in [-0.39, 0.29) is 6.42 Å². The molecule has 1 aliphatic carbocycles. The Morgan fingerprint density at radius 1 is 1.18 bits per heavy atom. The molecular weight excluding hydrogens is 431 g/mol. The van der Waals surface area contributed by atoms with Crippen LogP contribution in [0.2, 0.25) is 0 Å². The maximum absolute atomic E-state index is 15.5. The Morgan fingerprint density at radius 2 is 2.00 bits per heavy atom. The summed E-state index contributed by atoms with van der Waals surface area (Å²) in [6, 6.07) is 7.36. The lowest BCUT2D eigenvalue weighted by atomic mass is 9.78. The number of methoxy groups -OCH3 is 1. The number of hydrogen-bond acceptors (Lipinski definition) is 4. The van der Waals surface area contributed by atoms with Crippen molar-refractivity contribution in [1.29, 1.82) is 0 Å². The van der Waals surface area contributed by atoms with Crippen LogP contribution in [0, 0.1) is 17.8 Å². The molecule has 2 heterocycles. The fourth-order valence-electron chi connectivity index (χ4n) is 6.14. The van der Waals surface area contributed by atoms with Gasteiger partial charge >= 0.3 is 5.97 Å². The summed E-state index contributed by atoms with van der Waals surface area (Å²) in [6.45, 7) is 3.16. The van der Waals surface area contributed by atoms with Crippen molar-refractivity contribution in [2.75, 3.05) is 26.7 Å². The van der Waals surface area contributed by atoms with Crippen molar-refractivity contribution in [1.82, 2.24) is 9.88 Å². The summed E-state index contributed by atoms with van der Waals surface area (Å²) < 4.78 is 20.8. The van der Waals surface area contributed by atoms with Crippen LogP contribution in [0.1, 0.15) is 75.9 Å². The molecule has 1 aromatic carbocycles. The highest BCUT2D eigenvalue weighted by atomic mass is 19.1. The van der Waals surface area contributed by atoms with Crippen molar-refractivity contribution in [2.45, 2.75) is 70.4 Å². The molecule has 2 aromatic rings. The first-order chi connectivity index (χ1) is 16.5. The summed E-state index contributed by atoms with van der Waals surface area (Å²) in [5.41, 5.74) is 1.44. The largest absolute Gasteiger partial charge is 0.497 e. The van der Waals surface area contributed by atoms with Crippen LogP contribution >= 0.6 is 0 Å². The van der Waals surface area contributed by atoms with E-state index in [0.29, 0.717) is 36.0 Å². The molecule has 2 unspecified atom stereocenters. The second-order valence-corrected chi connectivity index (χ2v) is 10.3. The predicted octanol–water partition coefficient (Wildman–Crippen LogP) is 6.42. The van der Waals surface area contributed by atoms with Gasteiger partial charge in [0.15, 0.2) is 0 Å². The maximum Gasteiger partial charge on any atom is 0.303 e. The zero-order valence-electron chi connectivity index (χ0n) is 20.4. The van der Waals surface area contributed by atoms with Gasteiger partial charge in [-0.05, 0) is 92.7 Å². The lowest BCUT2D eigenvalue weighted by molar-refractivity contribution is -0.137. The number of benzene rings is 1. The predicted molar refractivity (Wildman–Crippen MR) is 133 cm³/mol. The summed E-state index contributed by atoms with van der Waals surface area (Å²) in [5.74, 6) is 1.46. The van der Waals surface area contributed by atoms with Crippen LogP contribution in [-0.2, 0) is 4.79 Å². The molecule has 1 aromatic heterocycles. The maximum atomic E-state index is 15.5. The summed E-state index contributed by atoms with van der Waals surface area (Å²) in [7, 11) is 1.61. The molecule has 0 radical (unpaired) electrons. The topological polar surface area (TPSA) is 62.7 Å². The first kappa shape index (κ1) is 24.9. The number of carboxylic acids is 1. The molecule has 1 N–H and O–H groups in total. The van der Waals surface area contributed by atoms with E-state index in [1.54, 1.807) is 19.4 Å². The van der Waals surface area contributed by atoms with Gasteiger partial charge in [0.25, 0.3) is 0 Å². The number of fused-ring (bicyclic) bond motifs is 1. The van der Waals surface area contributed by atoms with Crippen molar-refractivity contribution in [2.24, 2.45) is 17.8 Å². The van der Waals surface area contributed by atoms with Crippen molar-refractivity contribution in [3.05, 3.63) is 36.0 Å². The average Bonchev–Trinajstić information content (AvgIpc) is 2.86. The summed E-state index contributed by atoms with van der Waals surface area (Å²) >= 11 is 0. The molecule has 3 atom stereocenters. The highest BCUT2D eigenvalue weighted by Gasteiger charge is 2.31. The monoisotopic (exact) mass is 470 g/mol. The second-order valence-electron chi connectivity index (χ2n) is 10.3. The van der Waals surface area contributed by atoms with Gasteiger partial charge in [0.1, 0.15) is 11.9 Å². The molecule has 1 saturated carbocycles. The zero-order chi connectivity index (χ0) is 23.9. The molecule has 2 fully saturated rings. The third-order valence-electron chi connectivity index (χ3n) is 8.06. The molecule has 34 heavy (non-hydrogen) atoms. The van der Waals surface area contributed by atoms with Crippen LogP contribution < -0.4 is 4.74 Å². The number of aliphatic carboxylic acids is 1. The smallest absolute Gasteiger partial charge is 0.303 e. The fourth-order valence-corrected chi connectivity index (χ4v) is 6.14. The molecule has 186 valence electrons. The number of aromatic nitrogens is 1. The number of rotatable bonds is 10. The number of nitrogens with zero attached hydrogens (tertiary/aromatic N) is 2. The Bertz CT molecular complexity index is 946. The summed E-state index contributed by atoms with van der Waals surface area (Å²) in [4.78, 5) is 18.2. The molecule has 4 rings (SSSR count). The molecule has 0 spiro atoms. The van der Waals surface area contributed by atoms with Gasteiger partial charge < -0.3 is 14.7 Å². The number of piperidine rings is 1. The quantitative estimate of drug-likeness (QED) is 0.434. The number of carbonyl (C=O) groups is 1. The van der Waals surface area contributed by atoms with Crippen molar-refractivity contribution >= 4 is 16.9 Å². The Labute approximate surface area is 202 Å². The van der Waals surface area contributed by atoms with Crippen molar-refractivity contribution in [3.63, 3.8) is 0 Å². The minimum Gasteiger partial charge on any atom is -0.497 e. The van der Waals surface area contributed by atoms with E-state index >= 15 is 4.39 Å². The van der Waals surface area contributed by atoms with Crippen LogP contribution in [0.3, 0.4) is 0 Å². The van der Waals surface area contributed by atoms with Crippen molar-refractivity contribution in [3.8, 4) is 5.75 Å². The molecule has 2 aliphatic rings. The molecule has 0 bridgehead atoms. The van der Waals surface area contributed by atoms with Gasteiger partial charge in [-0.3, -0.25) is 9.78 Å². The lowest BCUT2D eigenvalue weighted by Crippen LogP contribution is -2.43. The zero-order valence-corrected chi connectivity index (χ0v) is 20.4. The van der Waals surface area contributed by atoms with E-state index in [2.05, 4.69) is 9.88 Å². The summed E-state index contributed by atoms with van der Waals surface area (Å²) in [5, 5.41) is 10.1. The SMILES string of the molecule is COc1ccc2nccc([C@@H](F)CCC3CCN(CC4CCCCC4)CC3CCC(=O)O)c2c1. The standard InChI is InChI=1S/C28H39FN2O3/c1-34-23-9-11-27-25(17-23)24(13-15-30-27)26(29)10-7-21-14-16-31(18-20-5-3-2-4-6-20)19-22(21)8-12-28(32)33/h9,11,13,15,17,20-22,26H,2-8,10,12,14,16,18-19H2,1H3,(H,32,33)/t21?,22?,26-/m0/s1. The number of pyridine rings is 1. The van der Waals surface area contributed by atoms with Gasteiger partial charge in [0.2, 0.25) is 0 Å². The van der Waals surface area contributed by atoms with E-state index in [1.807, 2.05) is 18.2 Å². The Morgan fingerprint density at radius 3 is 2.76 bits per heavy atom. The fraction of sp³-hybridized carbons (Fsp3) is 0.643. The van der Waals surface area contributed by atoms with Gasteiger partial charge in [-0.1, -0.05) is 19.3 Å². The molecule has 5 nitrogen and oxygen atoms in total. The number of ether oxygens (including phenoxy) is 1. The van der Waals surface area contributed by atoms with Crippen LogP contribution in [0.25, 0.3) is 10.9 Å². The Kier molecular flexibility index (Phi) is 8.76. The molecule has 0 amide bonds. The molecule has 1 aliphatic heterocycles. The highest BCUT2D eigenvalue weighted by molar-refractivity contribution is 5.83.